The van der Waals surface area contributed by atoms with E-state index in [1.165, 1.54) is 23.9 Å². The second-order valence-electron chi connectivity index (χ2n) is 7.82. The minimum atomic E-state index is -1.17. The Morgan fingerprint density at radius 2 is 1.74 bits per heavy atom. The summed E-state index contributed by atoms with van der Waals surface area (Å²) in [5.41, 5.74) is 3.75. The van der Waals surface area contributed by atoms with Crippen LogP contribution in [-0.2, 0) is 16.2 Å². The van der Waals surface area contributed by atoms with E-state index in [1.807, 2.05) is 55.5 Å². The number of carbonyl (C=O) groups is 2. The van der Waals surface area contributed by atoms with Gasteiger partial charge in [0.15, 0.2) is 4.87 Å². The van der Waals surface area contributed by atoms with Crippen molar-refractivity contribution in [3.8, 4) is 0 Å². The van der Waals surface area contributed by atoms with Crippen molar-refractivity contribution in [1.82, 2.24) is 4.90 Å². The second kappa shape index (κ2) is 7.54. The summed E-state index contributed by atoms with van der Waals surface area (Å²) in [6.07, 6.45) is 0. The van der Waals surface area contributed by atoms with E-state index in [2.05, 4.69) is 0 Å². The molecule has 1 fully saturated rings. The maximum Gasteiger partial charge on any atom is 0.268 e. The number of hydrogen-bond acceptors (Lipinski definition) is 3. The average Bonchev–Trinajstić information content (AvgIpc) is 3.32. The first-order valence-corrected chi connectivity index (χ1v) is 11.2. The molecule has 2 aliphatic heterocycles. The molecule has 2 aliphatic rings. The third-order valence-electron chi connectivity index (χ3n) is 5.91. The lowest BCUT2D eigenvalue weighted by atomic mass is 10.0. The van der Waals surface area contributed by atoms with E-state index in [-0.39, 0.29) is 11.5 Å². The molecule has 2 heterocycles. The fourth-order valence-electron chi connectivity index (χ4n) is 4.38. The number of fused-ring (bicyclic) bond motifs is 2. The Labute approximate surface area is 184 Å². The van der Waals surface area contributed by atoms with E-state index < -0.39 is 16.6 Å². The van der Waals surface area contributed by atoms with Crippen LogP contribution < -0.4 is 4.90 Å². The zero-order chi connectivity index (χ0) is 21.6. The summed E-state index contributed by atoms with van der Waals surface area (Å²) in [6, 6.07) is 21.6. The van der Waals surface area contributed by atoms with E-state index in [0.29, 0.717) is 18.8 Å². The number of amides is 2. The van der Waals surface area contributed by atoms with Crippen molar-refractivity contribution in [3.63, 3.8) is 0 Å². The molecule has 0 aromatic heterocycles. The summed E-state index contributed by atoms with van der Waals surface area (Å²) in [7, 11) is 0. The van der Waals surface area contributed by atoms with Gasteiger partial charge in [-0.1, -0.05) is 60.2 Å². The van der Waals surface area contributed by atoms with Gasteiger partial charge in [-0.25, -0.2) is 4.39 Å². The van der Waals surface area contributed by atoms with Crippen molar-refractivity contribution >= 4 is 29.3 Å². The lowest BCUT2D eigenvalue weighted by Crippen LogP contribution is -2.50. The molecule has 0 N–H and O–H groups in total. The predicted molar refractivity (Wildman–Crippen MR) is 120 cm³/mol. The lowest BCUT2D eigenvalue weighted by molar-refractivity contribution is -0.123. The van der Waals surface area contributed by atoms with Crippen LogP contribution in [0.15, 0.2) is 72.8 Å². The highest BCUT2D eigenvalue weighted by Crippen LogP contribution is 2.54. The normalized spacial score (nSPS) is 19.9. The molecule has 4 nitrogen and oxygen atoms in total. The third kappa shape index (κ3) is 3.05. The Hall–Kier alpha value is -3.12. The number of aryl methyl sites for hydroxylation is 1. The summed E-state index contributed by atoms with van der Waals surface area (Å²) in [4.78, 5) is 29.4. The van der Waals surface area contributed by atoms with Crippen molar-refractivity contribution in [3.05, 3.63) is 101 Å². The summed E-state index contributed by atoms with van der Waals surface area (Å²) >= 11 is 1.45. The standard InChI is InChI=1S/C25H21FN2O2S/c1-17-10-12-18(13-11-17)16-27-22-9-5-3-7-20(22)25(24(27)30)28(14-15-31-25)23(29)19-6-2-4-8-21(19)26/h2-13H,14-16H2,1H3/t25-/m1/s1. The molecule has 2 amide bonds. The van der Waals surface area contributed by atoms with Gasteiger partial charge >= 0.3 is 0 Å². The van der Waals surface area contributed by atoms with E-state index in [4.69, 9.17) is 0 Å². The minimum absolute atomic E-state index is 0.00774. The Morgan fingerprint density at radius 1 is 1.03 bits per heavy atom. The third-order valence-corrected chi connectivity index (χ3v) is 7.33. The van der Waals surface area contributed by atoms with Gasteiger partial charge < -0.3 is 9.80 Å². The molecule has 0 unspecified atom stereocenters. The van der Waals surface area contributed by atoms with Crippen LogP contribution in [0.3, 0.4) is 0 Å². The average molecular weight is 433 g/mol. The Kier molecular flexibility index (Phi) is 4.82. The summed E-state index contributed by atoms with van der Waals surface area (Å²) in [5.74, 6) is -0.571. The van der Waals surface area contributed by atoms with Crippen LogP contribution in [0.25, 0.3) is 0 Å². The molecule has 3 aromatic carbocycles. The monoisotopic (exact) mass is 432 g/mol. The molecule has 0 bridgehead atoms. The van der Waals surface area contributed by atoms with Crippen LogP contribution in [0.1, 0.15) is 27.0 Å². The predicted octanol–water partition coefficient (Wildman–Crippen LogP) is 4.72. The fourth-order valence-corrected chi connectivity index (χ4v) is 5.84. The Bertz CT molecular complexity index is 1180. The molecule has 0 radical (unpaired) electrons. The van der Waals surface area contributed by atoms with Crippen molar-refractivity contribution in [2.24, 2.45) is 0 Å². The molecular weight excluding hydrogens is 411 g/mol. The van der Waals surface area contributed by atoms with Gasteiger partial charge in [-0.3, -0.25) is 9.59 Å². The van der Waals surface area contributed by atoms with Crippen molar-refractivity contribution < 1.29 is 14.0 Å². The van der Waals surface area contributed by atoms with E-state index in [0.717, 1.165) is 22.4 Å². The Balaban J connectivity index is 1.58. The van der Waals surface area contributed by atoms with Crippen LogP contribution in [0.5, 0.6) is 0 Å². The van der Waals surface area contributed by atoms with Crippen molar-refractivity contribution in [2.75, 3.05) is 17.2 Å². The summed E-state index contributed by atoms with van der Waals surface area (Å²) in [5, 5.41) is 0. The van der Waals surface area contributed by atoms with Gasteiger partial charge in [0.1, 0.15) is 5.82 Å². The van der Waals surface area contributed by atoms with Gasteiger partial charge in [0.05, 0.1) is 17.8 Å². The smallest absolute Gasteiger partial charge is 0.268 e. The summed E-state index contributed by atoms with van der Waals surface area (Å²) < 4.78 is 14.4. The molecule has 3 aromatic rings. The van der Waals surface area contributed by atoms with E-state index >= 15 is 0 Å². The molecule has 1 atom stereocenters. The van der Waals surface area contributed by atoms with E-state index in [1.54, 1.807) is 21.9 Å². The summed E-state index contributed by atoms with van der Waals surface area (Å²) in [6.45, 7) is 2.83. The number of halogens is 1. The highest BCUT2D eigenvalue weighted by atomic mass is 32.2. The van der Waals surface area contributed by atoms with Crippen molar-refractivity contribution in [1.29, 1.82) is 0 Å². The molecule has 6 heteroatoms. The first-order valence-electron chi connectivity index (χ1n) is 10.2. The molecule has 0 aliphatic carbocycles. The first-order chi connectivity index (χ1) is 15.0. The van der Waals surface area contributed by atoms with Crippen LogP contribution in [0, 0.1) is 12.7 Å². The van der Waals surface area contributed by atoms with Gasteiger partial charge in [0.25, 0.3) is 11.8 Å². The number of para-hydroxylation sites is 1. The number of rotatable bonds is 3. The number of nitrogens with zero attached hydrogens (tertiary/aromatic N) is 2. The molecule has 156 valence electrons. The van der Waals surface area contributed by atoms with Crippen LogP contribution in [0.4, 0.5) is 10.1 Å². The molecule has 5 rings (SSSR count). The highest BCUT2D eigenvalue weighted by Gasteiger charge is 2.59. The Morgan fingerprint density at radius 3 is 2.52 bits per heavy atom. The lowest BCUT2D eigenvalue weighted by Gasteiger charge is -2.33. The fraction of sp³-hybridized carbons (Fsp3) is 0.200. The number of carbonyl (C=O) groups excluding carboxylic acids is 2. The van der Waals surface area contributed by atoms with Gasteiger partial charge in [-0.05, 0) is 30.7 Å². The van der Waals surface area contributed by atoms with Crippen LogP contribution >= 0.6 is 11.8 Å². The van der Waals surface area contributed by atoms with Crippen molar-refractivity contribution in [2.45, 2.75) is 18.3 Å². The second-order valence-corrected chi connectivity index (χ2v) is 9.11. The zero-order valence-electron chi connectivity index (χ0n) is 17.0. The van der Waals surface area contributed by atoms with Crippen LogP contribution in [-0.4, -0.2) is 29.0 Å². The molecule has 1 saturated heterocycles. The number of anilines is 1. The van der Waals surface area contributed by atoms with Gasteiger partial charge in [-0.15, -0.1) is 11.8 Å². The van der Waals surface area contributed by atoms with Crippen LogP contribution in [0.2, 0.25) is 0 Å². The topological polar surface area (TPSA) is 40.6 Å². The number of thioether (sulfide) groups is 1. The largest absolute Gasteiger partial charge is 0.311 e. The quantitative estimate of drug-likeness (QED) is 0.601. The van der Waals surface area contributed by atoms with Gasteiger partial charge in [-0.2, -0.15) is 0 Å². The molecular formula is C25H21FN2O2S. The number of benzene rings is 3. The zero-order valence-corrected chi connectivity index (χ0v) is 17.9. The molecule has 1 spiro atoms. The van der Waals surface area contributed by atoms with E-state index in [9.17, 15) is 14.0 Å². The SMILES string of the molecule is Cc1ccc(CN2C(=O)[C@]3(SCCN3C(=O)c3ccccc3F)c3ccccc32)cc1. The maximum atomic E-state index is 14.4. The van der Waals surface area contributed by atoms with Gasteiger partial charge in [0.2, 0.25) is 0 Å². The molecule has 0 saturated carbocycles. The first kappa shape index (κ1) is 19.8. The molecule has 31 heavy (non-hydrogen) atoms. The van der Waals surface area contributed by atoms with Gasteiger partial charge in [0, 0.05) is 17.9 Å². The maximum absolute atomic E-state index is 14.4. The highest BCUT2D eigenvalue weighted by molar-refractivity contribution is 8.01. The number of hydrogen-bond donors (Lipinski definition) is 0. The minimum Gasteiger partial charge on any atom is -0.311 e.